The van der Waals surface area contributed by atoms with Crippen LogP contribution in [0.4, 0.5) is 0 Å². The number of thioether (sulfide) groups is 1. The van der Waals surface area contributed by atoms with Gasteiger partial charge >= 0.3 is 0 Å². The van der Waals surface area contributed by atoms with Gasteiger partial charge in [0, 0.05) is 18.6 Å². The Kier molecular flexibility index (Phi) is 5.46. The van der Waals surface area contributed by atoms with Gasteiger partial charge in [-0.1, -0.05) is 41.6 Å². The van der Waals surface area contributed by atoms with E-state index in [0.29, 0.717) is 26.9 Å². The van der Waals surface area contributed by atoms with Gasteiger partial charge < -0.3 is 5.32 Å². The lowest BCUT2D eigenvalue weighted by molar-refractivity contribution is -0.120. The SMILES string of the molecule is CC(Sc1nc2ccsc2c(=O)n1C)C(=O)NCc1ccccc1Cl. The van der Waals surface area contributed by atoms with E-state index in [2.05, 4.69) is 10.3 Å². The van der Waals surface area contributed by atoms with Crippen LogP contribution in [0.2, 0.25) is 5.02 Å². The van der Waals surface area contributed by atoms with Crippen molar-refractivity contribution in [3.63, 3.8) is 0 Å². The minimum Gasteiger partial charge on any atom is -0.351 e. The van der Waals surface area contributed by atoms with E-state index < -0.39 is 5.25 Å². The maximum atomic E-state index is 12.4. The van der Waals surface area contributed by atoms with Crippen LogP contribution in [0, 0.1) is 0 Å². The zero-order chi connectivity index (χ0) is 18.0. The van der Waals surface area contributed by atoms with Crippen LogP contribution >= 0.6 is 34.7 Å². The molecule has 0 saturated heterocycles. The molecule has 1 N–H and O–H groups in total. The number of rotatable bonds is 5. The molecule has 1 amide bonds. The van der Waals surface area contributed by atoms with Crippen LogP contribution in [0.3, 0.4) is 0 Å². The molecule has 0 aliphatic carbocycles. The molecular formula is C17H16ClN3O2S2. The van der Waals surface area contributed by atoms with Crippen molar-refractivity contribution in [3.05, 3.63) is 56.7 Å². The topological polar surface area (TPSA) is 64.0 Å². The summed E-state index contributed by atoms with van der Waals surface area (Å²) in [5.74, 6) is -0.135. The lowest BCUT2D eigenvalue weighted by atomic mass is 10.2. The molecule has 0 aliphatic rings. The van der Waals surface area contributed by atoms with Crippen LogP contribution in [-0.2, 0) is 18.4 Å². The first-order valence-electron chi connectivity index (χ1n) is 7.59. The molecule has 2 heterocycles. The molecular weight excluding hydrogens is 378 g/mol. The van der Waals surface area contributed by atoms with E-state index in [1.165, 1.54) is 27.7 Å². The molecule has 0 fully saturated rings. The van der Waals surface area contributed by atoms with Crippen LogP contribution in [0.5, 0.6) is 0 Å². The zero-order valence-corrected chi connectivity index (χ0v) is 16.0. The summed E-state index contributed by atoms with van der Waals surface area (Å²) >= 11 is 8.73. The van der Waals surface area contributed by atoms with E-state index >= 15 is 0 Å². The van der Waals surface area contributed by atoms with E-state index in [-0.39, 0.29) is 11.5 Å². The highest BCUT2D eigenvalue weighted by atomic mass is 35.5. The molecule has 8 heteroatoms. The number of fused-ring (bicyclic) bond motifs is 1. The van der Waals surface area contributed by atoms with Crippen molar-refractivity contribution in [1.29, 1.82) is 0 Å². The molecule has 0 radical (unpaired) electrons. The number of thiophene rings is 1. The number of halogens is 1. The number of carbonyl (C=O) groups excluding carboxylic acids is 1. The Balaban J connectivity index is 1.70. The van der Waals surface area contributed by atoms with E-state index in [1.807, 2.05) is 29.6 Å². The number of hydrogen-bond donors (Lipinski definition) is 1. The zero-order valence-electron chi connectivity index (χ0n) is 13.7. The van der Waals surface area contributed by atoms with Gasteiger partial charge in [-0.2, -0.15) is 0 Å². The monoisotopic (exact) mass is 393 g/mol. The smallest absolute Gasteiger partial charge is 0.271 e. The van der Waals surface area contributed by atoms with Crippen LogP contribution < -0.4 is 10.9 Å². The maximum absolute atomic E-state index is 12.4. The molecule has 0 spiro atoms. The third kappa shape index (κ3) is 3.89. The van der Waals surface area contributed by atoms with Crippen molar-refractivity contribution >= 4 is 50.8 Å². The molecule has 1 unspecified atom stereocenters. The fourth-order valence-corrected chi connectivity index (χ4v) is 4.16. The van der Waals surface area contributed by atoms with Crippen molar-refractivity contribution in [3.8, 4) is 0 Å². The summed E-state index contributed by atoms with van der Waals surface area (Å²) in [6.07, 6.45) is 0. The Morgan fingerprint density at radius 1 is 1.40 bits per heavy atom. The second-order valence-electron chi connectivity index (χ2n) is 5.46. The number of carbonyl (C=O) groups is 1. The van der Waals surface area contributed by atoms with Gasteiger partial charge in [-0.05, 0) is 30.0 Å². The molecule has 0 saturated carbocycles. The predicted octanol–water partition coefficient (Wildman–Crippen LogP) is 3.45. The first kappa shape index (κ1) is 18.0. The van der Waals surface area contributed by atoms with Crippen molar-refractivity contribution in [1.82, 2.24) is 14.9 Å². The average molecular weight is 394 g/mol. The highest BCUT2D eigenvalue weighted by Crippen LogP contribution is 2.24. The molecule has 0 bridgehead atoms. The highest BCUT2D eigenvalue weighted by Gasteiger charge is 2.18. The minimum atomic E-state index is -0.392. The van der Waals surface area contributed by atoms with Gasteiger partial charge in [0.1, 0.15) is 4.70 Å². The molecule has 0 aliphatic heterocycles. The molecule has 1 aromatic carbocycles. The number of nitrogens with zero attached hydrogens (tertiary/aromatic N) is 2. The molecule has 130 valence electrons. The normalized spacial score (nSPS) is 12.3. The van der Waals surface area contributed by atoms with Crippen molar-refractivity contribution in [2.24, 2.45) is 7.05 Å². The summed E-state index contributed by atoms with van der Waals surface area (Å²) in [4.78, 5) is 29.2. The van der Waals surface area contributed by atoms with Gasteiger partial charge in [-0.15, -0.1) is 11.3 Å². The van der Waals surface area contributed by atoms with Crippen molar-refractivity contribution in [2.75, 3.05) is 0 Å². The Hall–Kier alpha value is -1.83. The fourth-order valence-electron chi connectivity index (χ4n) is 2.25. The summed E-state index contributed by atoms with van der Waals surface area (Å²) < 4.78 is 2.11. The Morgan fingerprint density at radius 3 is 2.92 bits per heavy atom. The van der Waals surface area contributed by atoms with Gasteiger partial charge in [0.15, 0.2) is 5.16 Å². The molecule has 1 atom stereocenters. The van der Waals surface area contributed by atoms with Crippen molar-refractivity contribution in [2.45, 2.75) is 23.9 Å². The molecule has 3 rings (SSSR count). The molecule has 5 nitrogen and oxygen atoms in total. The Morgan fingerprint density at radius 2 is 2.16 bits per heavy atom. The third-order valence-electron chi connectivity index (χ3n) is 3.71. The first-order valence-corrected chi connectivity index (χ1v) is 9.73. The lowest BCUT2D eigenvalue weighted by Gasteiger charge is -2.14. The number of nitrogens with one attached hydrogen (secondary N) is 1. The second-order valence-corrected chi connectivity index (χ2v) is 8.09. The number of benzene rings is 1. The number of amides is 1. The molecule has 2 aromatic heterocycles. The minimum absolute atomic E-state index is 0.0915. The summed E-state index contributed by atoms with van der Waals surface area (Å²) in [7, 11) is 1.67. The quantitative estimate of drug-likeness (QED) is 0.532. The van der Waals surface area contributed by atoms with E-state index in [0.717, 1.165) is 5.56 Å². The van der Waals surface area contributed by atoms with Crippen molar-refractivity contribution < 1.29 is 4.79 Å². The van der Waals surface area contributed by atoms with E-state index in [4.69, 9.17) is 11.6 Å². The maximum Gasteiger partial charge on any atom is 0.271 e. The first-order chi connectivity index (χ1) is 12.0. The summed E-state index contributed by atoms with van der Waals surface area (Å²) in [5, 5.41) is 5.46. The van der Waals surface area contributed by atoms with Crippen LogP contribution in [-0.4, -0.2) is 20.7 Å². The lowest BCUT2D eigenvalue weighted by Crippen LogP contribution is -2.31. The largest absolute Gasteiger partial charge is 0.351 e. The van der Waals surface area contributed by atoms with Crippen LogP contribution in [0.1, 0.15) is 12.5 Å². The Labute approximate surface area is 158 Å². The van der Waals surface area contributed by atoms with Gasteiger partial charge in [0.25, 0.3) is 5.56 Å². The number of aromatic nitrogens is 2. The Bertz CT molecular complexity index is 983. The molecule has 25 heavy (non-hydrogen) atoms. The van der Waals surface area contributed by atoms with Gasteiger partial charge in [-0.25, -0.2) is 4.98 Å². The van der Waals surface area contributed by atoms with Crippen LogP contribution in [0.15, 0.2) is 45.7 Å². The predicted molar refractivity (Wildman–Crippen MR) is 103 cm³/mol. The average Bonchev–Trinajstić information content (AvgIpc) is 3.07. The number of hydrogen-bond acceptors (Lipinski definition) is 5. The molecule has 3 aromatic rings. The highest BCUT2D eigenvalue weighted by molar-refractivity contribution is 8.00. The summed E-state index contributed by atoms with van der Waals surface area (Å²) in [5.41, 5.74) is 1.44. The standard InChI is InChI=1S/C17H16ClN3O2S2/c1-10(15(22)19-9-11-5-3-4-6-12(11)18)25-17-20-13-7-8-24-14(13)16(23)21(17)2/h3-8,10H,9H2,1-2H3,(H,19,22). The van der Waals surface area contributed by atoms with E-state index in [9.17, 15) is 9.59 Å². The summed E-state index contributed by atoms with van der Waals surface area (Å²) in [6.45, 7) is 2.15. The second kappa shape index (κ2) is 7.59. The third-order valence-corrected chi connectivity index (χ3v) is 6.11. The fraction of sp³-hybridized carbons (Fsp3) is 0.235. The van der Waals surface area contributed by atoms with Crippen LogP contribution in [0.25, 0.3) is 10.2 Å². The van der Waals surface area contributed by atoms with Gasteiger partial charge in [0.2, 0.25) is 5.91 Å². The van der Waals surface area contributed by atoms with Gasteiger partial charge in [-0.3, -0.25) is 14.2 Å². The summed E-state index contributed by atoms with van der Waals surface area (Å²) in [6, 6.07) is 9.20. The van der Waals surface area contributed by atoms with E-state index in [1.54, 1.807) is 20.0 Å². The van der Waals surface area contributed by atoms with Gasteiger partial charge in [0.05, 0.1) is 10.8 Å².